The van der Waals surface area contributed by atoms with Gasteiger partial charge >= 0.3 is 0 Å². The molecule has 0 saturated heterocycles. The molecule has 0 bridgehead atoms. The molecule has 2 rings (SSSR count). The molecule has 0 amide bonds. The van der Waals surface area contributed by atoms with Gasteiger partial charge in [0.2, 0.25) is 0 Å². The molecule has 0 unspecified atom stereocenters. The molecule has 1 aromatic carbocycles. The highest BCUT2D eigenvalue weighted by Crippen LogP contribution is 2.33. The molecule has 0 saturated carbocycles. The fourth-order valence-corrected chi connectivity index (χ4v) is 2.38. The number of benzene rings is 1. The monoisotopic (exact) mass is 276 g/mol. The predicted molar refractivity (Wildman–Crippen MR) is 84.4 cm³/mol. The molecule has 0 aliphatic carbocycles. The van der Waals surface area contributed by atoms with Crippen LogP contribution >= 0.6 is 11.6 Å². The standard InChI is InChI=1S/C16H21ClN2/c1-6-18-15-12(16(3,4)5)9-11-7-8-13(17)10(2)14(11)19-15/h7-9H,6H2,1-5H3,(H,18,19). The number of aromatic nitrogens is 1. The Labute approximate surface area is 120 Å². The van der Waals surface area contributed by atoms with Gasteiger partial charge in [0.15, 0.2) is 0 Å². The molecule has 19 heavy (non-hydrogen) atoms. The molecule has 0 aliphatic rings. The first kappa shape index (κ1) is 14.1. The zero-order valence-corrected chi connectivity index (χ0v) is 13.0. The van der Waals surface area contributed by atoms with Gasteiger partial charge < -0.3 is 5.32 Å². The second-order valence-electron chi connectivity index (χ2n) is 5.91. The van der Waals surface area contributed by atoms with E-state index in [1.165, 1.54) is 5.56 Å². The molecule has 1 heterocycles. The minimum absolute atomic E-state index is 0.0617. The summed E-state index contributed by atoms with van der Waals surface area (Å²) in [6, 6.07) is 6.21. The van der Waals surface area contributed by atoms with Crippen LogP contribution in [0.2, 0.25) is 5.02 Å². The SMILES string of the molecule is CCNc1nc2c(C)c(Cl)ccc2cc1C(C)(C)C. The summed E-state index contributed by atoms with van der Waals surface area (Å²) in [5.41, 5.74) is 3.32. The summed E-state index contributed by atoms with van der Waals surface area (Å²) in [6.07, 6.45) is 0. The highest BCUT2D eigenvalue weighted by Gasteiger charge is 2.20. The highest BCUT2D eigenvalue weighted by atomic mass is 35.5. The van der Waals surface area contributed by atoms with Crippen LogP contribution in [0.25, 0.3) is 10.9 Å². The van der Waals surface area contributed by atoms with Crippen LogP contribution < -0.4 is 5.32 Å². The van der Waals surface area contributed by atoms with Crippen molar-refractivity contribution >= 4 is 28.3 Å². The summed E-state index contributed by atoms with van der Waals surface area (Å²) < 4.78 is 0. The lowest BCUT2D eigenvalue weighted by atomic mass is 9.86. The van der Waals surface area contributed by atoms with E-state index < -0.39 is 0 Å². The molecule has 102 valence electrons. The summed E-state index contributed by atoms with van der Waals surface area (Å²) in [5.74, 6) is 0.966. The van der Waals surface area contributed by atoms with Crippen molar-refractivity contribution in [3.05, 3.63) is 34.3 Å². The average Bonchev–Trinajstić information content (AvgIpc) is 2.33. The minimum atomic E-state index is 0.0617. The normalized spacial score (nSPS) is 11.9. The van der Waals surface area contributed by atoms with Gasteiger partial charge in [-0.3, -0.25) is 0 Å². The quantitative estimate of drug-likeness (QED) is 0.842. The Kier molecular flexibility index (Phi) is 3.73. The second kappa shape index (κ2) is 5.01. The van der Waals surface area contributed by atoms with Gasteiger partial charge in [-0.05, 0) is 37.0 Å². The zero-order valence-electron chi connectivity index (χ0n) is 12.3. The Morgan fingerprint density at radius 2 is 1.95 bits per heavy atom. The van der Waals surface area contributed by atoms with E-state index in [9.17, 15) is 0 Å². The second-order valence-corrected chi connectivity index (χ2v) is 6.32. The smallest absolute Gasteiger partial charge is 0.130 e. The van der Waals surface area contributed by atoms with Gasteiger partial charge in [-0.2, -0.15) is 0 Å². The van der Waals surface area contributed by atoms with Crippen LogP contribution in [-0.4, -0.2) is 11.5 Å². The lowest BCUT2D eigenvalue weighted by molar-refractivity contribution is 0.590. The summed E-state index contributed by atoms with van der Waals surface area (Å²) in [4.78, 5) is 4.80. The molecular formula is C16H21ClN2. The van der Waals surface area contributed by atoms with Crippen LogP contribution in [0.1, 0.15) is 38.8 Å². The van der Waals surface area contributed by atoms with Gasteiger partial charge in [0.1, 0.15) is 5.82 Å². The molecule has 0 fully saturated rings. The van der Waals surface area contributed by atoms with E-state index in [2.05, 4.69) is 39.1 Å². The first-order valence-corrected chi connectivity index (χ1v) is 7.06. The molecule has 0 atom stereocenters. The number of rotatable bonds is 2. The average molecular weight is 277 g/mol. The summed E-state index contributed by atoms with van der Waals surface area (Å²) in [6.45, 7) is 11.6. The first-order valence-electron chi connectivity index (χ1n) is 6.68. The van der Waals surface area contributed by atoms with Crippen molar-refractivity contribution < 1.29 is 0 Å². The summed E-state index contributed by atoms with van der Waals surface area (Å²) >= 11 is 6.19. The number of pyridine rings is 1. The van der Waals surface area contributed by atoms with E-state index in [0.29, 0.717) is 0 Å². The largest absolute Gasteiger partial charge is 0.370 e. The van der Waals surface area contributed by atoms with Crippen LogP contribution in [0.3, 0.4) is 0 Å². The minimum Gasteiger partial charge on any atom is -0.370 e. The maximum absolute atomic E-state index is 6.19. The number of anilines is 1. The van der Waals surface area contributed by atoms with E-state index >= 15 is 0 Å². The molecule has 1 aromatic heterocycles. The Bertz CT molecular complexity index is 612. The van der Waals surface area contributed by atoms with Crippen molar-refractivity contribution in [2.75, 3.05) is 11.9 Å². The molecule has 0 spiro atoms. The van der Waals surface area contributed by atoms with Crippen LogP contribution in [0.4, 0.5) is 5.82 Å². The third-order valence-corrected chi connectivity index (χ3v) is 3.74. The number of halogens is 1. The van der Waals surface area contributed by atoms with Gasteiger partial charge in [0.25, 0.3) is 0 Å². The van der Waals surface area contributed by atoms with E-state index in [0.717, 1.165) is 33.9 Å². The van der Waals surface area contributed by atoms with Crippen molar-refractivity contribution in [2.24, 2.45) is 0 Å². The van der Waals surface area contributed by atoms with E-state index in [1.807, 2.05) is 19.1 Å². The third kappa shape index (κ3) is 2.69. The topological polar surface area (TPSA) is 24.9 Å². The highest BCUT2D eigenvalue weighted by molar-refractivity contribution is 6.32. The van der Waals surface area contributed by atoms with Gasteiger partial charge in [-0.1, -0.05) is 38.4 Å². The summed E-state index contributed by atoms with van der Waals surface area (Å²) in [7, 11) is 0. The Morgan fingerprint density at radius 3 is 2.53 bits per heavy atom. The Morgan fingerprint density at radius 1 is 1.26 bits per heavy atom. The third-order valence-electron chi connectivity index (χ3n) is 3.33. The molecule has 0 aliphatic heterocycles. The van der Waals surface area contributed by atoms with Crippen molar-refractivity contribution in [3.8, 4) is 0 Å². The maximum Gasteiger partial charge on any atom is 0.130 e. The Hall–Kier alpha value is -1.28. The molecule has 3 heteroatoms. The fraction of sp³-hybridized carbons (Fsp3) is 0.438. The number of hydrogen-bond donors (Lipinski definition) is 1. The molecule has 2 nitrogen and oxygen atoms in total. The van der Waals surface area contributed by atoms with Crippen molar-refractivity contribution in [2.45, 2.75) is 40.0 Å². The number of aryl methyl sites for hydroxylation is 1. The van der Waals surface area contributed by atoms with Crippen LogP contribution in [0.15, 0.2) is 18.2 Å². The van der Waals surface area contributed by atoms with Crippen molar-refractivity contribution in [1.82, 2.24) is 4.98 Å². The number of hydrogen-bond acceptors (Lipinski definition) is 2. The fourth-order valence-electron chi connectivity index (χ4n) is 2.23. The number of fused-ring (bicyclic) bond motifs is 1. The predicted octanol–water partition coefficient (Wildman–Crippen LogP) is 4.93. The van der Waals surface area contributed by atoms with E-state index in [4.69, 9.17) is 16.6 Å². The first-order chi connectivity index (χ1) is 8.84. The van der Waals surface area contributed by atoms with Gasteiger partial charge in [0, 0.05) is 22.5 Å². The summed E-state index contributed by atoms with van der Waals surface area (Å²) in [5, 5.41) is 5.28. The lowest BCUT2D eigenvalue weighted by Crippen LogP contribution is -2.16. The van der Waals surface area contributed by atoms with Gasteiger partial charge in [-0.15, -0.1) is 0 Å². The van der Waals surface area contributed by atoms with Crippen LogP contribution in [-0.2, 0) is 5.41 Å². The van der Waals surface area contributed by atoms with E-state index in [1.54, 1.807) is 0 Å². The number of nitrogens with one attached hydrogen (secondary N) is 1. The maximum atomic E-state index is 6.19. The van der Waals surface area contributed by atoms with Crippen LogP contribution in [0, 0.1) is 6.92 Å². The lowest BCUT2D eigenvalue weighted by Gasteiger charge is -2.23. The molecule has 2 aromatic rings. The van der Waals surface area contributed by atoms with Crippen molar-refractivity contribution in [3.63, 3.8) is 0 Å². The molecule has 0 radical (unpaired) electrons. The van der Waals surface area contributed by atoms with Gasteiger partial charge in [-0.25, -0.2) is 4.98 Å². The molecular weight excluding hydrogens is 256 g/mol. The number of nitrogens with zero attached hydrogens (tertiary/aromatic N) is 1. The van der Waals surface area contributed by atoms with Crippen molar-refractivity contribution in [1.29, 1.82) is 0 Å². The Balaban J connectivity index is 2.76. The zero-order chi connectivity index (χ0) is 14.2. The van der Waals surface area contributed by atoms with Gasteiger partial charge in [0.05, 0.1) is 5.52 Å². The van der Waals surface area contributed by atoms with E-state index in [-0.39, 0.29) is 5.41 Å². The van der Waals surface area contributed by atoms with Crippen LogP contribution in [0.5, 0.6) is 0 Å². The molecule has 1 N–H and O–H groups in total.